The zero-order valence-corrected chi connectivity index (χ0v) is 9.41. The molecule has 0 unspecified atom stereocenters. The summed E-state index contributed by atoms with van der Waals surface area (Å²) in [5.74, 6) is 1.46. The maximum absolute atomic E-state index is 11.7. The second-order valence-corrected chi connectivity index (χ2v) is 4.87. The van der Waals surface area contributed by atoms with Gasteiger partial charge in [0.2, 0.25) is 0 Å². The van der Waals surface area contributed by atoms with Crippen LogP contribution in [0, 0.1) is 0 Å². The Hall–Kier alpha value is -1.10. The van der Waals surface area contributed by atoms with E-state index in [1.54, 1.807) is 0 Å². The maximum atomic E-state index is 11.7. The molecule has 1 aromatic heterocycles. The van der Waals surface area contributed by atoms with Crippen LogP contribution < -0.4 is 11.0 Å². The van der Waals surface area contributed by atoms with Crippen molar-refractivity contribution in [2.75, 3.05) is 13.1 Å². The minimum atomic E-state index is -0.0155. The second-order valence-electron chi connectivity index (χ2n) is 4.87. The summed E-state index contributed by atoms with van der Waals surface area (Å²) in [6.45, 7) is 2.08. The zero-order valence-electron chi connectivity index (χ0n) is 9.41. The molecule has 0 spiro atoms. The van der Waals surface area contributed by atoms with Gasteiger partial charge in [0.15, 0.2) is 0 Å². The number of hydrogen-bond donors (Lipinski definition) is 2. The van der Waals surface area contributed by atoms with E-state index < -0.39 is 0 Å². The molecule has 16 heavy (non-hydrogen) atoms. The van der Waals surface area contributed by atoms with Crippen LogP contribution in [0.4, 0.5) is 0 Å². The predicted molar refractivity (Wildman–Crippen MR) is 60.6 cm³/mol. The molecule has 2 aliphatic rings. The quantitative estimate of drug-likeness (QED) is 0.776. The lowest BCUT2D eigenvalue weighted by Gasteiger charge is -2.30. The van der Waals surface area contributed by atoms with Crippen LogP contribution in [0.2, 0.25) is 0 Å². The van der Waals surface area contributed by atoms with Crippen molar-refractivity contribution in [3.63, 3.8) is 0 Å². The molecule has 5 heteroatoms. The summed E-state index contributed by atoms with van der Waals surface area (Å²) in [6, 6.07) is 0.413. The molecule has 1 saturated carbocycles. The molecular formula is C11H18N4O. The molecule has 3 rings (SSSR count). The van der Waals surface area contributed by atoms with Gasteiger partial charge in [-0.25, -0.2) is 9.89 Å². The molecule has 1 saturated heterocycles. The number of hydrogen-bond acceptors (Lipinski definition) is 3. The Morgan fingerprint density at radius 3 is 2.56 bits per heavy atom. The SMILES string of the molecule is O=c1[nH]nc(C2CCNCC2)n1C1CCC1. The molecule has 1 aromatic rings. The van der Waals surface area contributed by atoms with E-state index in [0.29, 0.717) is 12.0 Å². The molecule has 1 aliphatic carbocycles. The van der Waals surface area contributed by atoms with Crippen molar-refractivity contribution in [1.82, 2.24) is 20.1 Å². The Kier molecular flexibility index (Phi) is 2.55. The van der Waals surface area contributed by atoms with Gasteiger partial charge in [0.05, 0.1) is 0 Å². The van der Waals surface area contributed by atoms with Crippen LogP contribution in [-0.4, -0.2) is 27.9 Å². The first-order chi connectivity index (χ1) is 7.86. The third-order valence-electron chi connectivity index (χ3n) is 3.88. The number of H-pyrrole nitrogens is 1. The highest BCUT2D eigenvalue weighted by atomic mass is 16.1. The number of rotatable bonds is 2. The maximum Gasteiger partial charge on any atom is 0.343 e. The molecule has 0 atom stereocenters. The Bertz CT molecular complexity index is 412. The van der Waals surface area contributed by atoms with Crippen molar-refractivity contribution in [3.8, 4) is 0 Å². The highest BCUT2D eigenvalue weighted by Gasteiger charge is 2.28. The highest BCUT2D eigenvalue weighted by Crippen LogP contribution is 2.33. The fraction of sp³-hybridized carbons (Fsp3) is 0.818. The van der Waals surface area contributed by atoms with E-state index in [2.05, 4.69) is 15.5 Å². The lowest BCUT2D eigenvalue weighted by atomic mass is 9.91. The van der Waals surface area contributed by atoms with Crippen molar-refractivity contribution in [1.29, 1.82) is 0 Å². The monoisotopic (exact) mass is 222 g/mol. The number of nitrogens with one attached hydrogen (secondary N) is 2. The lowest BCUT2D eigenvalue weighted by molar-refractivity contribution is 0.288. The minimum Gasteiger partial charge on any atom is -0.317 e. The average Bonchev–Trinajstić information content (AvgIpc) is 2.60. The summed E-state index contributed by atoms with van der Waals surface area (Å²) in [4.78, 5) is 11.7. The standard InChI is InChI=1S/C11H18N4O/c16-11-14-13-10(8-4-6-12-7-5-8)15(11)9-2-1-3-9/h8-9,12H,1-7H2,(H,14,16). The second kappa shape index (κ2) is 4.05. The summed E-state index contributed by atoms with van der Waals surface area (Å²) in [5.41, 5.74) is -0.0155. The summed E-state index contributed by atoms with van der Waals surface area (Å²) in [5, 5.41) is 10.2. The molecule has 5 nitrogen and oxygen atoms in total. The van der Waals surface area contributed by atoms with Crippen LogP contribution in [-0.2, 0) is 0 Å². The molecule has 2 heterocycles. The van der Waals surface area contributed by atoms with Crippen molar-refractivity contribution >= 4 is 0 Å². The summed E-state index contributed by atoms with van der Waals surface area (Å²) in [6.07, 6.45) is 5.71. The molecular weight excluding hydrogens is 204 g/mol. The van der Waals surface area contributed by atoms with Gasteiger partial charge < -0.3 is 5.32 Å². The summed E-state index contributed by atoms with van der Waals surface area (Å²) >= 11 is 0. The third-order valence-corrected chi connectivity index (χ3v) is 3.88. The fourth-order valence-corrected chi connectivity index (χ4v) is 2.68. The van der Waals surface area contributed by atoms with Gasteiger partial charge in [-0.2, -0.15) is 5.10 Å². The first kappa shape index (κ1) is 10.1. The third kappa shape index (κ3) is 1.59. The van der Waals surface area contributed by atoms with Gasteiger partial charge in [0.25, 0.3) is 0 Å². The zero-order chi connectivity index (χ0) is 11.0. The van der Waals surface area contributed by atoms with Gasteiger partial charge in [-0.1, -0.05) is 0 Å². The largest absolute Gasteiger partial charge is 0.343 e. The average molecular weight is 222 g/mol. The fourth-order valence-electron chi connectivity index (χ4n) is 2.68. The molecule has 0 bridgehead atoms. The molecule has 1 aliphatic heterocycles. The van der Waals surface area contributed by atoms with Crippen molar-refractivity contribution in [2.45, 2.75) is 44.1 Å². The van der Waals surface area contributed by atoms with Crippen LogP contribution >= 0.6 is 0 Å². The van der Waals surface area contributed by atoms with Gasteiger partial charge in [0, 0.05) is 12.0 Å². The van der Waals surface area contributed by atoms with Gasteiger partial charge in [-0.05, 0) is 45.2 Å². The molecule has 2 N–H and O–H groups in total. The Labute approximate surface area is 94.2 Å². The Morgan fingerprint density at radius 2 is 1.94 bits per heavy atom. The van der Waals surface area contributed by atoms with E-state index in [-0.39, 0.29) is 5.69 Å². The number of piperidine rings is 1. The molecule has 0 amide bonds. The summed E-state index contributed by atoms with van der Waals surface area (Å²) < 4.78 is 1.92. The van der Waals surface area contributed by atoms with Crippen molar-refractivity contribution in [3.05, 3.63) is 16.3 Å². The van der Waals surface area contributed by atoms with Crippen LogP contribution in [0.5, 0.6) is 0 Å². The van der Waals surface area contributed by atoms with Gasteiger partial charge in [0.1, 0.15) is 5.82 Å². The molecule has 2 fully saturated rings. The van der Waals surface area contributed by atoms with E-state index in [9.17, 15) is 4.79 Å². The van der Waals surface area contributed by atoms with Crippen LogP contribution in [0.15, 0.2) is 4.79 Å². The Balaban J connectivity index is 1.90. The van der Waals surface area contributed by atoms with Crippen LogP contribution in [0.25, 0.3) is 0 Å². The Morgan fingerprint density at radius 1 is 1.19 bits per heavy atom. The van der Waals surface area contributed by atoms with Gasteiger partial charge in [-0.3, -0.25) is 4.57 Å². The minimum absolute atomic E-state index is 0.0155. The predicted octanol–water partition coefficient (Wildman–Crippen LogP) is 0.763. The number of aromatic amines is 1. The van der Waals surface area contributed by atoms with Crippen molar-refractivity contribution in [2.24, 2.45) is 0 Å². The first-order valence-corrected chi connectivity index (χ1v) is 6.24. The van der Waals surface area contributed by atoms with Gasteiger partial charge >= 0.3 is 5.69 Å². The van der Waals surface area contributed by atoms with Gasteiger partial charge in [-0.15, -0.1) is 0 Å². The van der Waals surface area contributed by atoms with Crippen LogP contribution in [0.1, 0.15) is 49.9 Å². The molecule has 88 valence electrons. The van der Waals surface area contributed by atoms with Crippen molar-refractivity contribution < 1.29 is 0 Å². The number of aromatic nitrogens is 3. The van der Waals surface area contributed by atoms with E-state index in [1.165, 1.54) is 6.42 Å². The smallest absolute Gasteiger partial charge is 0.317 e. The summed E-state index contributed by atoms with van der Waals surface area (Å²) in [7, 11) is 0. The van der Waals surface area contributed by atoms with E-state index in [1.807, 2.05) is 4.57 Å². The normalized spacial score (nSPS) is 23.2. The first-order valence-electron chi connectivity index (χ1n) is 6.24. The lowest BCUT2D eigenvalue weighted by Crippen LogP contribution is -2.32. The van der Waals surface area contributed by atoms with Crippen LogP contribution in [0.3, 0.4) is 0 Å². The topological polar surface area (TPSA) is 62.7 Å². The highest BCUT2D eigenvalue weighted by molar-refractivity contribution is 5.02. The molecule has 0 radical (unpaired) electrons. The number of nitrogens with zero attached hydrogens (tertiary/aromatic N) is 2. The van der Waals surface area contributed by atoms with E-state index in [4.69, 9.17) is 0 Å². The molecule has 0 aromatic carbocycles. The van der Waals surface area contributed by atoms with E-state index in [0.717, 1.165) is 44.6 Å². The van der Waals surface area contributed by atoms with E-state index >= 15 is 0 Å².